The van der Waals surface area contributed by atoms with Gasteiger partial charge in [-0.05, 0) is 38.0 Å². The first kappa shape index (κ1) is 16.7. The van der Waals surface area contributed by atoms with Crippen LogP contribution in [0.1, 0.15) is 35.2 Å². The van der Waals surface area contributed by atoms with Gasteiger partial charge >= 0.3 is 5.63 Å². The minimum atomic E-state index is -0.301. The molecule has 0 aliphatic rings. The molecule has 0 amide bonds. The van der Waals surface area contributed by atoms with Gasteiger partial charge in [0.15, 0.2) is 0 Å². The second-order valence-corrected chi connectivity index (χ2v) is 6.63. The summed E-state index contributed by atoms with van der Waals surface area (Å²) < 4.78 is 5.43. The second kappa shape index (κ2) is 6.80. The minimum Gasteiger partial charge on any atom is -0.422 e. The van der Waals surface area contributed by atoms with E-state index in [0.29, 0.717) is 12.1 Å². The summed E-state index contributed by atoms with van der Waals surface area (Å²) in [4.78, 5) is 11.9. The number of fused-ring (bicyclic) bond motifs is 1. The molecule has 24 heavy (non-hydrogen) atoms. The molecule has 2 aromatic carbocycles. The Labute approximate surface area is 146 Å². The standard InChI is InChI=1S/C20H20ClNO2/c1-12-8-9-17-15(10-19(23)24-20(17)13(12)2)11-22-14(3)16-6-4-5-7-18(16)21/h4-10,14,22H,11H2,1-3H3/p+1/t14-/m1/s1. The van der Waals surface area contributed by atoms with E-state index in [1.165, 1.54) is 0 Å². The zero-order chi connectivity index (χ0) is 17.3. The first-order valence-electron chi connectivity index (χ1n) is 8.08. The van der Waals surface area contributed by atoms with Crippen LogP contribution in [0.5, 0.6) is 0 Å². The van der Waals surface area contributed by atoms with Crippen LogP contribution in [0, 0.1) is 13.8 Å². The van der Waals surface area contributed by atoms with Gasteiger partial charge < -0.3 is 9.73 Å². The van der Waals surface area contributed by atoms with E-state index in [9.17, 15) is 4.79 Å². The van der Waals surface area contributed by atoms with Crippen molar-refractivity contribution in [1.82, 2.24) is 0 Å². The molecule has 3 rings (SSSR count). The number of nitrogens with two attached hydrogens (primary N) is 1. The summed E-state index contributed by atoms with van der Waals surface area (Å²) in [5, 5.41) is 3.95. The highest BCUT2D eigenvalue weighted by atomic mass is 35.5. The molecular formula is C20H21ClNO2+. The van der Waals surface area contributed by atoms with E-state index >= 15 is 0 Å². The van der Waals surface area contributed by atoms with E-state index in [1.54, 1.807) is 6.07 Å². The van der Waals surface area contributed by atoms with Crippen LogP contribution in [0.2, 0.25) is 5.02 Å². The topological polar surface area (TPSA) is 46.8 Å². The largest absolute Gasteiger partial charge is 0.422 e. The van der Waals surface area contributed by atoms with Crippen molar-refractivity contribution in [2.24, 2.45) is 0 Å². The predicted molar refractivity (Wildman–Crippen MR) is 97.5 cm³/mol. The van der Waals surface area contributed by atoms with Gasteiger partial charge in [-0.1, -0.05) is 41.9 Å². The fraction of sp³-hybridized carbons (Fsp3) is 0.250. The van der Waals surface area contributed by atoms with Crippen molar-refractivity contribution in [3.8, 4) is 0 Å². The third-order valence-electron chi connectivity index (χ3n) is 4.60. The van der Waals surface area contributed by atoms with Crippen LogP contribution in [0.25, 0.3) is 11.0 Å². The van der Waals surface area contributed by atoms with Crippen molar-refractivity contribution in [3.05, 3.63) is 80.2 Å². The number of quaternary nitrogens is 1. The summed E-state index contributed by atoms with van der Waals surface area (Å²) >= 11 is 6.27. The Morgan fingerprint density at radius 2 is 1.92 bits per heavy atom. The second-order valence-electron chi connectivity index (χ2n) is 6.22. The van der Waals surface area contributed by atoms with Gasteiger partial charge in [0.1, 0.15) is 18.2 Å². The van der Waals surface area contributed by atoms with Crippen molar-refractivity contribution in [2.75, 3.05) is 0 Å². The average molecular weight is 343 g/mol. The first-order chi connectivity index (χ1) is 11.5. The third-order valence-corrected chi connectivity index (χ3v) is 4.95. The summed E-state index contributed by atoms with van der Waals surface area (Å²) in [5.74, 6) is 0. The predicted octanol–water partition coefficient (Wildman–Crippen LogP) is 3.89. The molecule has 3 aromatic rings. The van der Waals surface area contributed by atoms with Crippen LogP contribution in [-0.4, -0.2) is 0 Å². The Hall–Kier alpha value is -2.10. The van der Waals surface area contributed by atoms with E-state index in [0.717, 1.165) is 32.7 Å². The molecule has 0 fully saturated rings. The molecule has 4 heteroatoms. The Bertz CT molecular complexity index is 946. The normalized spacial score (nSPS) is 12.5. The molecule has 0 saturated heterocycles. The zero-order valence-corrected chi connectivity index (χ0v) is 14.9. The van der Waals surface area contributed by atoms with E-state index in [-0.39, 0.29) is 11.7 Å². The smallest absolute Gasteiger partial charge is 0.336 e. The Kier molecular flexibility index (Phi) is 4.74. The molecule has 0 aliphatic heterocycles. The average Bonchev–Trinajstić information content (AvgIpc) is 2.56. The van der Waals surface area contributed by atoms with Crippen LogP contribution >= 0.6 is 11.6 Å². The van der Waals surface area contributed by atoms with Crippen molar-refractivity contribution < 1.29 is 9.73 Å². The van der Waals surface area contributed by atoms with Gasteiger partial charge in [0.25, 0.3) is 0 Å². The van der Waals surface area contributed by atoms with Crippen molar-refractivity contribution >= 4 is 22.6 Å². The molecule has 0 saturated carbocycles. The number of halogens is 1. The fourth-order valence-electron chi connectivity index (χ4n) is 2.97. The molecule has 0 bridgehead atoms. The van der Waals surface area contributed by atoms with E-state index in [1.807, 2.05) is 44.2 Å². The fourth-order valence-corrected chi connectivity index (χ4v) is 3.28. The molecular weight excluding hydrogens is 322 g/mol. The zero-order valence-electron chi connectivity index (χ0n) is 14.1. The van der Waals surface area contributed by atoms with Gasteiger partial charge in [-0.3, -0.25) is 0 Å². The summed E-state index contributed by atoms with van der Waals surface area (Å²) in [6, 6.07) is 13.8. The van der Waals surface area contributed by atoms with Gasteiger partial charge in [-0.15, -0.1) is 0 Å². The summed E-state index contributed by atoms with van der Waals surface area (Å²) in [5.41, 5.74) is 4.62. The van der Waals surface area contributed by atoms with Gasteiger partial charge in [-0.25, -0.2) is 4.79 Å². The number of hydrogen-bond donors (Lipinski definition) is 1. The van der Waals surface area contributed by atoms with Crippen LogP contribution in [0.3, 0.4) is 0 Å². The number of hydrogen-bond acceptors (Lipinski definition) is 2. The number of benzene rings is 2. The number of rotatable bonds is 4. The van der Waals surface area contributed by atoms with Gasteiger partial charge in [0.05, 0.1) is 0 Å². The molecule has 0 unspecified atom stereocenters. The lowest BCUT2D eigenvalue weighted by Gasteiger charge is -2.14. The summed E-state index contributed by atoms with van der Waals surface area (Å²) in [6.07, 6.45) is 0. The van der Waals surface area contributed by atoms with Gasteiger partial charge in [0, 0.05) is 27.6 Å². The highest BCUT2D eigenvalue weighted by molar-refractivity contribution is 6.31. The first-order valence-corrected chi connectivity index (χ1v) is 8.46. The Morgan fingerprint density at radius 3 is 2.67 bits per heavy atom. The molecule has 3 nitrogen and oxygen atoms in total. The maximum Gasteiger partial charge on any atom is 0.336 e. The summed E-state index contributed by atoms with van der Waals surface area (Å²) in [7, 11) is 0. The molecule has 1 heterocycles. The quantitative estimate of drug-likeness (QED) is 0.731. The molecule has 1 atom stereocenters. The maximum atomic E-state index is 11.9. The van der Waals surface area contributed by atoms with Crippen LogP contribution < -0.4 is 10.9 Å². The van der Waals surface area contributed by atoms with Crippen LogP contribution in [-0.2, 0) is 6.54 Å². The maximum absolute atomic E-state index is 11.9. The highest BCUT2D eigenvalue weighted by Gasteiger charge is 2.15. The van der Waals surface area contributed by atoms with Crippen LogP contribution in [0.15, 0.2) is 51.7 Å². The van der Waals surface area contributed by atoms with E-state index in [4.69, 9.17) is 16.0 Å². The monoisotopic (exact) mass is 342 g/mol. The van der Waals surface area contributed by atoms with Crippen molar-refractivity contribution in [1.29, 1.82) is 0 Å². The molecule has 0 radical (unpaired) electrons. The van der Waals surface area contributed by atoms with Crippen molar-refractivity contribution in [2.45, 2.75) is 33.4 Å². The van der Waals surface area contributed by atoms with E-state index < -0.39 is 0 Å². The highest BCUT2D eigenvalue weighted by Crippen LogP contribution is 2.23. The Balaban J connectivity index is 1.92. The lowest BCUT2D eigenvalue weighted by atomic mass is 10.0. The molecule has 0 aliphatic carbocycles. The molecule has 124 valence electrons. The Morgan fingerprint density at radius 1 is 1.17 bits per heavy atom. The van der Waals surface area contributed by atoms with Gasteiger partial charge in [-0.2, -0.15) is 0 Å². The SMILES string of the molecule is Cc1ccc2c(C[NH2+][C@H](C)c3ccccc3Cl)cc(=O)oc2c1C. The summed E-state index contributed by atoms with van der Waals surface area (Å²) in [6.45, 7) is 6.81. The number of aryl methyl sites for hydroxylation is 2. The third kappa shape index (κ3) is 3.23. The van der Waals surface area contributed by atoms with Crippen LogP contribution in [0.4, 0.5) is 0 Å². The molecule has 1 aromatic heterocycles. The van der Waals surface area contributed by atoms with E-state index in [2.05, 4.69) is 18.3 Å². The molecule has 2 N–H and O–H groups in total. The lowest BCUT2D eigenvalue weighted by molar-refractivity contribution is -0.707. The van der Waals surface area contributed by atoms with Gasteiger partial charge in [0.2, 0.25) is 0 Å². The lowest BCUT2D eigenvalue weighted by Crippen LogP contribution is -2.83. The molecule has 0 spiro atoms. The van der Waals surface area contributed by atoms with Crippen molar-refractivity contribution in [3.63, 3.8) is 0 Å². The minimum absolute atomic E-state index is 0.201.